The van der Waals surface area contributed by atoms with Gasteiger partial charge in [-0.15, -0.1) is 0 Å². The highest BCUT2D eigenvalue weighted by molar-refractivity contribution is 5.95. The lowest BCUT2D eigenvalue weighted by Crippen LogP contribution is -2.24. The van der Waals surface area contributed by atoms with E-state index in [1.54, 1.807) is 4.90 Å². The Morgan fingerprint density at radius 3 is 2.64 bits per heavy atom. The third kappa shape index (κ3) is 2.59. The van der Waals surface area contributed by atoms with Gasteiger partial charge in [-0.1, -0.05) is 6.07 Å². The van der Waals surface area contributed by atoms with Gasteiger partial charge in [0, 0.05) is 24.9 Å². The Hall–Kier alpha value is -1.94. The lowest BCUT2D eigenvalue weighted by molar-refractivity contribution is -0.117. The average Bonchev–Trinajstić information content (AvgIpc) is 3.18. The van der Waals surface area contributed by atoms with Crippen molar-refractivity contribution in [3.63, 3.8) is 0 Å². The molecule has 3 heterocycles. The highest BCUT2D eigenvalue weighted by atomic mass is 16.2. The van der Waals surface area contributed by atoms with Gasteiger partial charge < -0.3 is 0 Å². The zero-order valence-corrected chi connectivity index (χ0v) is 12.8. The number of carbonyl (C=O) groups excluding carboxylic acids is 1. The normalized spacial score (nSPS) is 19.5. The molecule has 114 valence electrons. The van der Waals surface area contributed by atoms with E-state index in [2.05, 4.69) is 34.1 Å². The van der Waals surface area contributed by atoms with Gasteiger partial charge in [0.1, 0.15) is 5.82 Å². The van der Waals surface area contributed by atoms with E-state index in [0.717, 1.165) is 36.2 Å². The second kappa shape index (κ2) is 5.69. The number of hydrogen-bond donors (Lipinski definition) is 0. The number of aromatic nitrogens is 1. The number of nitrogens with zero attached hydrogens (tertiary/aromatic N) is 3. The molecule has 0 aliphatic carbocycles. The van der Waals surface area contributed by atoms with Crippen molar-refractivity contribution in [1.29, 1.82) is 0 Å². The van der Waals surface area contributed by atoms with Crippen LogP contribution in [0.2, 0.25) is 0 Å². The minimum Gasteiger partial charge on any atom is -0.299 e. The maximum atomic E-state index is 11.8. The van der Waals surface area contributed by atoms with Crippen molar-refractivity contribution >= 4 is 22.6 Å². The molecule has 0 atom stereocenters. The summed E-state index contributed by atoms with van der Waals surface area (Å²) in [5.41, 5.74) is 2.32. The molecule has 0 unspecified atom stereocenters. The molecule has 1 aromatic heterocycles. The molecule has 1 amide bonds. The highest BCUT2D eigenvalue weighted by Crippen LogP contribution is 2.24. The van der Waals surface area contributed by atoms with E-state index in [-0.39, 0.29) is 5.91 Å². The molecule has 2 saturated heterocycles. The maximum Gasteiger partial charge on any atom is 0.228 e. The second-order valence-corrected chi connectivity index (χ2v) is 6.33. The van der Waals surface area contributed by atoms with E-state index in [1.807, 2.05) is 6.07 Å². The fraction of sp³-hybridized carbons (Fsp3) is 0.444. The molecule has 0 radical (unpaired) electrons. The number of carbonyl (C=O) groups is 1. The van der Waals surface area contributed by atoms with Crippen LogP contribution >= 0.6 is 0 Å². The number of hydrogen-bond acceptors (Lipinski definition) is 3. The Kier molecular flexibility index (Phi) is 3.54. The van der Waals surface area contributed by atoms with Crippen molar-refractivity contribution in [3.05, 3.63) is 35.9 Å². The van der Waals surface area contributed by atoms with Gasteiger partial charge in [-0.05, 0) is 62.2 Å². The first-order valence-electron chi connectivity index (χ1n) is 8.22. The smallest absolute Gasteiger partial charge is 0.228 e. The summed E-state index contributed by atoms with van der Waals surface area (Å²) >= 11 is 0. The van der Waals surface area contributed by atoms with Crippen LogP contribution in [0.5, 0.6) is 0 Å². The summed E-state index contributed by atoms with van der Waals surface area (Å²) in [5, 5.41) is 1.16. The molecular formula is C18H21N3O. The molecule has 4 heteroatoms. The Bertz CT molecular complexity index is 707. The summed E-state index contributed by atoms with van der Waals surface area (Å²) < 4.78 is 0. The van der Waals surface area contributed by atoms with E-state index in [0.29, 0.717) is 6.42 Å². The SMILES string of the molecule is O=C1CCCN1c1ccc2cc(CN3CCCC3)ccc2n1. The summed E-state index contributed by atoms with van der Waals surface area (Å²) in [4.78, 5) is 20.8. The molecule has 2 aromatic rings. The van der Waals surface area contributed by atoms with Crippen LogP contribution in [0.4, 0.5) is 5.82 Å². The van der Waals surface area contributed by atoms with Crippen LogP contribution in [0, 0.1) is 0 Å². The van der Waals surface area contributed by atoms with Crippen molar-refractivity contribution in [2.75, 3.05) is 24.5 Å². The van der Waals surface area contributed by atoms with Gasteiger partial charge in [-0.2, -0.15) is 0 Å². The van der Waals surface area contributed by atoms with Crippen molar-refractivity contribution in [2.45, 2.75) is 32.2 Å². The van der Waals surface area contributed by atoms with E-state index >= 15 is 0 Å². The minimum atomic E-state index is 0.192. The van der Waals surface area contributed by atoms with Gasteiger partial charge in [0.25, 0.3) is 0 Å². The van der Waals surface area contributed by atoms with Gasteiger partial charge in [0.2, 0.25) is 5.91 Å². The van der Waals surface area contributed by atoms with Crippen LogP contribution in [0.3, 0.4) is 0 Å². The molecule has 2 aliphatic heterocycles. The summed E-state index contributed by atoms with van der Waals surface area (Å²) in [6, 6.07) is 10.6. The van der Waals surface area contributed by atoms with Crippen LogP contribution in [-0.4, -0.2) is 35.4 Å². The van der Waals surface area contributed by atoms with Gasteiger partial charge in [0.15, 0.2) is 0 Å². The molecular weight excluding hydrogens is 274 g/mol. The number of rotatable bonds is 3. The number of pyridine rings is 1. The first-order chi connectivity index (χ1) is 10.8. The Labute approximate surface area is 130 Å². The first-order valence-corrected chi connectivity index (χ1v) is 8.22. The standard InChI is InChI=1S/C18H21N3O/c22-18-4-3-11-21(18)17-8-6-15-12-14(5-7-16(15)19-17)13-20-9-1-2-10-20/h5-8,12H,1-4,9-11,13H2. The zero-order chi connectivity index (χ0) is 14.9. The number of likely N-dealkylation sites (tertiary alicyclic amines) is 1. The van der Waals surface area contributed by atoms with Gasteiger partial charge in [-0.3, -0.25) is 14.6 Å². The molecule has 4 nitrogen and oxygen atoms in total. The summed E-state index contributed by atoms with van der Waals surface area (Å²) in [5.74, 6) is 0.986. The molecule has 0 bridgehead atoms. The largest absolute Gasteiger partial charge is 0.299 e. The molecule has 1 aromatic carbocycles. The summed E-state index contributed by atoms with van der Waals surface area (Å²) in [6.07, 6.45) is 4.23. The predicted molar refractivity (Wildman–Crippen MR) is 87.8 cm³/mol. The molecule has 0 N–H and O–H groups in total. The lowest BCUT2D eigenvalue weighted by atomic mass is 10.1. The first kappa shape index (κ1) is 13.7. The van der Waals surface area contributed by atoms with Crippen LogP contribution in [0.25, 0.3) is 10.9 Å². The average molecular weight is 295 g/mol. The Balaban J connectivity index is 1.59. The second-order valence-electron chi connectivity index (χ2n) is 6.33. The number of benzene rings is 1. The zero-order valence-electron chi connectivity index (χ0n) is 12.8. The fourth-order valence-corrected chi connectivity index (χ4v) is 3.50. The highest BCUT2D eigenvalue weighted by Gasteiger charge is 2.22. The Morgan fingerprint density at radius 1 is 1.00 bits per heavy atom. The van der Waals surface area contributed by atoms with Crippen LogP contribution < -0.4 is 4.90 Å². The number of fused-ring (bicyclic) bond motifs is 1. The predicted octanol–water partition coefficient (Wildman–Crippen LogP) is 2.96. The monoisotopic (exact) mass is 295 g/mol. The van der Waals surface area contributed by atoms with E-state index in [1.165, 1.54) is 31.5 Å². The van der Waals surface area contributed by atoms with Gasteiger partial charge in [0.05, 0.1) is 5.52 Å². The van der Waals surface area contributed by atoms with Crippen molar-refractivity contribution in [3.8, 4) is 0 Å². The summed E-state index contributed by atoms with van der Waals surface area (Å²) in [6.45, 7) is 4.26. The topological polar surface area (TPSA) is 36.4 Å². The number of amides is 1. The van der Waals surface area contributed by atoms with Gasteiger partial charge in [-0.25, -0.2) is 4.98 Å². The van der Waals surface area contributed by atoms with E-state index in [9.17, 15) is 4.79 Å². The molecule has 0 spiro atoms. The molecule has 22 heavy (non-hydrogen) atoms. The number of anilines is 1. The third-order valence-corrected chi connectivity index (χ3v) is 4.69. The van der Waals surface area contributed by atoms with E-state index in [4.69, 9.17) is 0 Å². The molecule has 2 aliphatic rings. The fourth-order valence-electron chi connectivity index (χ4n) is 3.50. The van der Waals surface area contributed by atoms with Crippen molar-refractivity contribution in [2.24, 2.45) is 0 Å². The maximum absolute atomic E-state index is 11.8. The van der Waals surface area contributed by atoms with Crippen molar-refractivity contribution < 1.29 is 4.79 Å². The quantitative estimate of drug-likeness (QED) is 0.873. The van der Waals surface area contributed by atoms with E-state index < -0.39 is 0 Å². The lowest BCUT2D eigenvalue weighted by Gasteiger charge is -2.16. The van der Waals surface area contributed by atoms with Crippen LogP contribution in [-0.2, 0) is 11.3 Å². The Morgan fingerprint density at radius 2 is 1.86 bits per heavy atom. The summed E-state index contributed by atoms with van der Waals surface area (Å²) in [7, 11) is 0. The molecule has 0 saturated carbocycles. The minimum absolute atomic E-state index is 0.192. The molecule has 4 rings (SSSR count). The molecule has 2 fully saturated rings. The van der Waals surface area contributed by atoms with Crippen LogP contribution in [0.1, 0.15) is 31.2 Å². The van der Waals surface area contributed by atoms with Gasteiger partial charge >= 0.3 is 0 Å². The third-order valence-electron chi connectivity index (χ3n) is 4.69. The van der Waals surface area contributed by atoms with Crippen molar-refractivity contribution in [1.82, 2.24) is 9.88 Å². The van der Waals surface area contributed by atoms with Crippen LogP contribution in [0.15, 0.2) is 30.3 Å².